The fourth-order valence-electron chi connectivity index (χ4n) is 3.19. The van der Waals surface area contributed by atoms with Crippen molar-refractivity contribution in [2.24, 2.45) is 5.10 Å². The number of hydrogen-bond donors (Lipinski definition) is 3. The topological polar surface area (TPSA) is 118 Å². The number of hydrazone groups is 1. The SMILES string of the molecule is CCOc1cc(/C=N\NC(=O)C(=O)Nc2cccc(Cl)c2)cc(I)c1OCC(=O)Nc1ccc(CC)cc1. The van der Waals surface area contributed by atoms with E-state index in [1.165, 1.54) is 17.8 Å². The highest BCUT2D eigenvalue weighted by atomic mass is 127. The Morgan fingerprint density at radius 3 is 2.39 bits per heavy atom. The molecule has 0 saturated heterocycles. The molecule has 0 aromatic heterocycles. The molecule has 9 nitrogen and oxygen atoms in total. The van der Waals surface area contributed by atoms with Gasteiger partial charge in [-0.15, -0.1) is 0 Å². The number of rotatable bonds is 10. The van der Waals surface area contributed by atoms with Crippen molar-refractivity contribution in [2.45, 2.75) is 20.3 Å². The van der Waals surface area contributed by atoms with Crippen molar-refractivity contribution in [3.63, 3.8) is 0 Å². The van der Waals surface area contributed by atoms with Crippen LogP contribution < -0.4 is 25.5 Å². The lowest BCUT2D eigenvalue weighted by Gasteiger charge is -2.14. The minimum absolute atomic E-state index is 0.211. The number of carbonyl (C=O) groups is 3. The molecule has 0 saturated carbocycles. The number of hydrogen-bond acceptors (Lipinski definition) is 6. The zero-order valence-corrected chi connectivity index (χ0v) is 23.6. The van der Waals surface area contributed by atoms with E-state index in [4.69, 9.17) is 21.1 Å². The van der Waals surface area contributed by atoms with Crippen LogP contribution in [0.2, 0.25) is 5.02 Å². The lowest BCUT2D eigenvalue weighted by atomic mass is 10.1. The summed E-state index contributed by atoms with van der Waals surface area (Å²) in [6, 6.07) is 17.4. The molecule has 11 heteroatoms. The Morgan fingerprint density at radius 2 is 1.71 bits per heavy atom. The second kappa shape index (κ2) is 14.3. The van der Waals surface area contributed by atoms with E-state index in [1.54, 1.807) is 30.3 Å². The van der Waals surface area contributed by atoms with Gasteiger partial charge >= 0.3 is 11.8 Å². The Hall–Kier alpha value is -3.64. The van der Waals surface area contributed by atoms with Crippen molar-refractivity contribution in [1.29, 1.82) is 0 Å². The number of ether oxygens (including phenoxy) is 2. The van der Waals surface area contributed by atoms with Gasteiger partial charge in [-0.3, -0.25) is 14.4 Å². The molecule has 0 radical (unpaired) electrons. The van der Waals surface area contributed by atoms with Gasteiger partial charge in [0.05, 0.1) is 16.4 Å². The maximum Gasteiger partial charge on any atom is 0.329 e. The molecule has 0 unspecified atom stereocenters. The Morgan fingerprint density at radius 1 is 0.947 bits per heavy atom. The molecule has 3 aromatic carbocycles. The third kappa shape index (κ3) is 8.73. The maximum absolute atomic E-state index is 12.4. The lowest BCUT2D eigenvalue weighted by molar-refractivity contribution is -0.136. The summed E-state index contributed by atoms with van der Waals surface area (Å²) in [7, 11) is 0. The average molecular weight is 649 g/mol. The zero-order valence-electron chi connectivity index (χ0n) is 20.7. The molecular formula is C27H26ClIN4O5. The summed E-state index contributed by atoms with van der Waals surface area (Å²) in [6.07, 6.45) is 2.29. The third-order valence-corrected chi connectivity index (χ3v) is 6.03. The highest BCUT2D eigenvalue weighted by Crippen LogP contribution is 2.34. The van der Waals surface area contributed by atoms with Crippen molar-refractivity contribution >= 4 is 69.5 Å². The van der Waals surface area contributed by atoms with E-state index in [-0.39, 0.29) is 12.5 Å². The van der Waals surface area contributed by atoms with Gasteiger partial charge in [-0.2, -0.15) is 5.10 Å². The first-order valence-electron chi connectivity index (χ1n) is 11.7. The number of aryl methyl sites for hydroxylation is 1. The molecule has 0 aliphatic rings. The number of benzene rings is 3. The molecule has 0 aliphatic carbocycles. The van der Waals surface area contributed by atoms with Crippen molar-refractivity contribution < 1.29 is 23.9 Å². The predicted octanol–water partition coefficient (Wildman–Crippen LogP) is 5.01. The van der Waals surface area contributed by atoms with E-state index in [9.17, 15) is 14.4 Å². The Labute approximate surface area is 239 Å². The quantitative estimate of drug-likeness (QED) is 0.124. The summed E-state index contributed by atoms with van der Waals surface area (Å²) >= 11 is 7.94. The van der Waals surface area contributed by atoms with E-state index < -0.39 is 11.8 Å². The minimum Gasteiger partial charge on any atom is -0.490 e. The Balaban J connectivity index is 1.60. The fourth-order valence-corrected chi connectivity index (χ4v) is 4.17. The molecule has 38 heavy (non-hydrogen) atoms. The van der Waals surface area contributed by atoms with Crippen molar-refractivity contribution in [2.75, 3.05) is 23.8 Å². The van der Waals surface area contributed by atoms with Crippen molar-refractivity contribution in [3.8, 4) is 11.5 Å². The van der Waals surface area contributed by atoms with Crippen LogP contribution in [0.5, 0.6) is 11.5 Å². The van der Waals surface area contributed by atoms with Gasteiger partial charge in [0.15, 0.2) is 18.1 Å². The van der Waals surface area contributed by atoms with Crippen molar-refractivity contribution in [1.82, 2.24) is 5.43 Å². The number of nitrogens with zero attached hydrogens (tertiary/aromatic N) is 1. The highest BCUT2D eigenvalue weighted by molar-refractivity contribution is 14.1. The predicted molar refractivity (Wildman–Crippen MR) is 156 cm³/mol. The third-order valence-electron chi connectivity index (χ3n) is 4.99. The molecule has 0 bridgehead atoms. The molecule has 0 aliphatic heterocycles. The standard InChI is InChI=1S/C27H26ClIN4O5/c1-3-17-8-10-20(11-9-17)31-24(34)16-38-25-22(29)12-18(13-23(25)37-4-2)15-30-33-27(36)26(35)32-21-7-5-6-19(28)14-21/h5-15H,3-4,16H2,1-2H3,(H,31,34)(H,32,35)(H,33,36)/b30-15-. The van der Waals surface area contributed by atoms with Crippen LogP contribution in [0.4, 0.5) is 11.4 Å². The molecule has 198 valence electrons. The Kier molecular flexibility index (Phi) is 10.9. The molecule has 0 fully saturated rings. The van der Waals surface area contributed by atoms with E-state index >= 15 is 0 Å². The summed E-state index contributed by atoms with van der Waals surface area (Å²) in [5.74, 6) is -1.33. The first kappa shape index (κ1) is 28.9. The summed E-state index contributed by atoms with van der Waals surface area (Å²) in [6.45, 7) is 4.04. The van der Waals surface area contributed by atoms with Gasteiger partial charge < -0.3 is 20.1 Å². The van der Waals surface area contributed by atoms with E-state index in [0.29, 0.717) is 43.6 Å². The fraction of sp³-hybridized carbons (Fsp3) is 0.185. The van der Waals surface area contributed by atoms with Crippen LogP contribution in [0, 0.1) is 3.57 Å². The van der Waals surface area contributed by atoms with Crippen LogP contribution in [0.25, 0.3) is 0 Å². The second-order valence-corrected chi connectivity index (χ2v) is 9.41. The molecule has 3 rings (SSSR count). The maximum atomic E-state index is 12.4. The lowest BCUT2D eigenvalue weighted by Crippen LogP contribution is -2.32. The Bertz CT molecular complexity index is 1330. The average Bonchev–Trinajstić information content (AvgIpc) is 2.88. The molecule has 0 heterocycles. The van der Waals surface area contributed by atoms with Crippen LogP contribution in [0.15, 0.2) is 65.8 Å². The van der Waals surface area contributed by atoms with Crippen LogP contribution in [0.1, 0.15) is 25.0 Å². The summed E-state index contributed by atoms with van der Waals surface area (Å²) in [5.41, 5.74) is 5.01. The van der Waals surface area contributed by atoms with Crippen LogP contribution in [-0.2, 0) is 20.8 Å². The van der Waals surface area contributed by atoms with Gasteiger partial charge in [0, 0.05) is 16.4 Å². The normalized spacial score (nSPS) is 10.6. The van der Waals surface area contributed by atoms with Gasteiger partial charge in [-0.1, -0.05) is 36.7 Å². The smallest absolute Gasteiger partial charge is 0.329 e. The summed E-state index contributed by atoms with van der Waals surface area (Å²) < 4.78 is 12.1. The number of anilines is 2. The molecule has 3 N–H and O–H groups in total. The van der Waals surface area contributed by atoms with Gasteiger partial charge in [-0.05, 0) is 89.5 Å². The van der Waals surface area contributed by atoms with Gasteiger partial charge in [-0.25, -0.2) is 5.43 Å². The minimum atomic E-state index is -0.948. The summed E-state index contributed by atoms with van der Waals surface area (Å²) in [4.78, 5) is 36.5. The molecule has 0 spiro atoms. The molecule has 3 amide bonds. The zero-order chi connectivity index (χ0) is 27.5. The number of nitrogens with one attached hydrogen (secondary N) is 3. The molecular weight excluding hydrogens is 623 g/mol. The number of carbonyl (C=O) groups excluding carboxylic acids is 3. The van der Waals surface area contributed by atoms with Gasteiger partial charge in [0.25, 0.3) is 5.91 Å². The van der Waals surface area contributed by atoms with E-state index in [1.807, 2.05) is 31.2 Å². The van der Waals surface area contributed by atoms with Crippen molar-refractivity contribution in [3.05, 3.63) is 80.4 Å². The first-order chi connectivity index (χ1) is 18.3. The highest BCUT2D eigenvalue weighted by Gasteiger charge is 2.15. The molecule has 0 atom stereocenters. The monoisotopic (exact) mass is 648 g/mol. The molecule has 3 aromatic rings. The van der Waals surface area contributed by atoms with Crippen LogP contribution in [0.3, 0.4) is 0 Å². The first-order valence-corrected chi connectivity index (χ1v) is 13.1. The largest absolute Gasteiger partial charge is 0.490 e. The van der Waals surface area contributed by atoms with Crippen LogP contribution in [-0.4, -0.2) is 37.1 Å². The van der Waals surface area contributed by atoms with E-state index in [2.05, 4.69) is 50.7 Å². The van der Waals surface area contributed by atoms with Gasteiger partial charge in [0.1, 0.15) is 0 Å². The summed E-state index contributed by atoms with van der Waals surface area (Å²) in [5, 5.41) is 9.52. The van der Waals surface area contributed by atoms with E-state index in [0.717, 1.165) is 6.42 Å². The second-order valence-electron chi connectivity index (χ2n) is 7.81. The van der Waals surface area contributed by atoms with Gasteiger partial charge in [0.2, 0.25) is 0 Å². The number of amides is 3. The number of halogens is 2. The van der Waals surface area contributed by atoms with Crippen LogP contribution >= 0.6 is 34.2 Å².